The van der Waals surface area contributed by atoms with Gasteiger partial charge < -0.3 is 5.32 Å². The summed E-state index contributed by atoms with van der Waals surface area (Å²) in [6, 6.07) is 12.9. The molecule has 11 heteroatoms. The first-order valence-corrected chi connectivity index (χ1v) is 8.48. The van der Waals surface area contributed by atoms with Gasteiger partial charge in [0, 0.05) is 11.3 Å². The van der Waals surface area contributed by atoms with Crippen LogP contribution in [0, 0.1) is 5.41 Å². The second-order valence-electron chi connectivity index (χ2n) is 4.95. The zero-order valence-corrected chi connectivity index (χ0v) is 13.8. The second-order valence-corrected chi connectivity index (χ2v) is 6.63. The standard InChI is InChI=1S/C15H13F3N4O3S/c16-15(17,18)26(24,25)22-12-8-4-7-11(9-12)20-14(19)21-13(23)10-5-2-1-3-6-10/h1-9,22H,(H3,19,20,21,23). The molecule has 0 aliphatic rings. The van der Waals surface area contributed by atoms with Gasteiger partial charge in [0.05, 0.1) is 5.69 Å². The first-order valence-electron chi connectivity index (χ1n) is 6.99. The fourth-order valence-electron chi connectivity index (χ4n) is 1.82. The van der Waals surface area contributed by atoms with Crippen molar-refractivity contribution in [1.82, 2.24) is 5.32 Å². The Bertz CT molecular complexity index is 915. The van der Waals surface area contributed by atoms with Gasteiger partial charge in [-0.3, -0.25) is 20.2 Å². The van der Waals surface area contributed by atoms with Crippen molar-refractivity contribution in [1.29, 1.82) is 5.41 Å². The average molecular weight is 386 g/mol. The Morgan fingerprint density at radius 3 is 2.19 bits per heavy atom. The number of sulfonamides is 1. The molecule has 0 aromatic heterocycles. The minimum atomic E-state index is -5.55. The van der Waals surface area contributed by atoms with E-state index in [9.17, 15) is 26.4 Å². The molecular weight excluding hydrogens is 373 g/mol. The molecule has 0 bridgehead atoms. The van der Waals surface area contributed by atoms with Crippen molar-refractivity contribution in [3.8, 4) is 0 Å². The minimum absolute atomic E-state index is 0.103. The van der Waals surface area contributed by atoms with E-state index in [-0.39, 0.29) is 11.4 Å². The van der Waals surface area contributed by atoms with Crippen LogP contribution in [0.3, 0.4) is 0 Å². The topological polar surface area (TPSA) is 111 Å². The number of hydrogen-bond acceptors (Lipinski definition) is 4. The normalized spacial score (nSPS) is 11.5. The highest BCUT2D eigenvalue weighted by Crippen LogP contribution is 2.26. The zero-order valence-electron chi connectivity index (χ0n) is 13.0. The van der Waals surface area contributed by atoms with Crippen molar-refractivity contribution in [3.63, 3.8) is 0 Å². The molecule has 0 heterocycles. The van der Waals surface area contributed by atoms with E-state index in [0.29, 0.717) is 5.56 Å². The lowest BCUT2D eigenvalue weighted by molar-refractivity contribution is -0.0429. The highest BCUT2D eigenvalue weighted by molar-refractivity contribution is 7.93. The van der Waals surface area contributed by atoms with Crippen LogP contribution in [0.25, 0.3) is 0 Å². The molecular formula is C15H13F3N4O3S. The van der Waals surface area contributed by atoms with Crippen LogP contribution in [0.5, 0.6) is 0 Å². The molecule has 0 spiro atoms. The van der Waals surface area contributed by atoms with Gasteiger partial charge in [-0.2, -0.15) is 21.6 Å². The van der Waals surface area contributed by atoms with Crippen LogP contribution in [0.15, 0.2) is 54.6 Å². The molecule has 7 nitrogen and oxygen atoms in total. The second kappa shape index (κ2) is 7.44. The molecule has 0 saturated carbocycles. The molecule has 0 unspecified atom stereocenters. The monoisotopic (exact) mass is 386 g/mol. The number of amides is 1. The Labute approximate surface area is 146 Å². The van der Waals surface area contributed by atoms with Gasteiger partial charge in [-0.05, 0) is 30.3 Å². The zero-order chi connectivity index (χ0) is 19.4. The molecule has 2 rings (SSSR count). The molecule has 2 aromatic carbocycles. The molecule has 0 atom stereocenters. The summed E-state index contributed by atoms with van der Waals surface area (Å²) >= 11 is 0. The largest absolute Gasteiger partial charge is 0.516 e. The first-order chi connectivity index (χ1) is 12.1. The molecule has 4 N–H and O–H groups in total. The van der Waals surface area contributed by atoms with E-state index in [1.54, 1.807) is 18.2 Å². The molecule has 0 aliphatic carbocycles. The van der Waals surface area contributed by atoms with Gasteiger partial charge in [-0.15, -0.1) is 0 Å². The van der Waals surface area contributed by atoms with Gasteiger partial charge in [0.2, 0.25) is 0 Å². The number of rotatable bonds is 4. The maximum Gasteiger partial charge on any atom is 0.516 e. The third-order valence-electron chi connectivity index (χ3n) is 2.96. The molecule has 2 aromatic rings. The maximum atomic E-state index is 12.4. The summed E-state index contributed by atoms with van der Waals surface area (Å²) in [6.07, 6.45) is 0. The van der Waals surface area contributed by atoms with Crippen LogP contribution >= 0.6 is 0 Å². The van der Waals surface area contributed by atoms with E-state index in [1.807, 2.05) is 0 Å². The Morgan fingerprint density at radius 2 is 1.58 bits per heavy atom. The highest BCUT2D eigenvalue weighted by atomic mass is 32.2. The van der Waals surface area contributed by atoms with Gasteiger partial charge >= 0.3 is 15.5 Å². The number of nitrogens with one attached hydrogen (secondary N) is 4. The minimum Gasteiger partial charge on any atom is -0.326 e. The smallest absolute Gasteiger partial charge is 0.326 e. The number of hydrogen-bond donors (Lipinski definition) is 4. The fraction of sp³-hybridized carbons (Fsp3) is 0.0667. The molecule has 138 valence electrons. The average Bonchev–Trinajstić information content (AvgIpc) is 2.54. The maximum absolute atomic E-state index is 12.4. The van der Waals surface area contributed by atoms with Crippen molar-refractivity contribution in [2.75, 3.05) is 10.0 Å². The van der Waals surface area contributed by atoms with Crippen molar-refractivity contribution in [2.45, 2.75) is 5.51 Å². The number of carbonyl (C=O) groups excluding carboxylic acids is 1. The SMILES string of the molecule is N=C(NC(=O)c1ccccc1)Nc1cccc(NS(=O)(=O)C(F)(F)F)c1. The quantitative estimate of drug-likeness (QED) is 0.478. The summed E-state index contributed by atoms with van der Waals surface area (Å²) in [5.41, 5.74) is -5.39. The van der Waals surface area contributed by atoms with E-state index in [2.05, 4.69) is 10.6 Å². The van der Waals surface area contributed by atoms with Crippen LogP contribution < -0.4 is 15.4 Å². The molecule has 1 amide bonds. The van der Waals surface area contributed by atoms with Crippen LogP contribution in [0.4, 0.5) is 24.5 Å². The lowest BCUT2D eigenvalue weighted by atomic mass is 10.2. The lowest BCUT2D eigenvalue weighted by Crippen LogP contribution is -2.35. The van der Waals surface area contributed by atoms with Crippen molar-refractivity contribution < 1.29 is 26.4 Å². The predicted octanol–water partition coefficient (Wildman–Crippen LogP) is 2.72. The summed E-state index contributed by atoms with van der Waals surface area (Å²) in [6.45, 7) is 0. The van der Waals surface area contributed by atoms with E-state index in [4.69, 9.17) is 5.41 Å². The predicted molar refractivity (Wildman–Crippen MR) is 90.3 cm³/mol. The van der Waals surface area contributed by atoms with Gasteiger partial charge in [-0.1, -0.05) is 24.3 Å². The Balaban J connectivity index is 2.04. The Morgan fingerprint density at radius 1 is 0.962 bits per heavy atom. The molecule has 26 heavy (non-hydrogen) atoms. The van der Waals surface area contributed by atoms with Gasteiger partial charge in [0.25, 0.3) is 5.91 Å². The van der Waals surface area contributed by atoms with E-state index in [0.717, 1.165) is 12.1 Å². The summed E-state index contributed by atoms with van der Waals surface area (Å²) < 4.78 is 60.8. The summed E-state index contributed by atoms with van der Waals surface area (Å²) in [5, 5.41) is 12.4. The van der Waals surface area contributed by atoms with Gasteiger partial charge in [0.1, 0.15) is 0 Å². The number of guanidine groups is 1. The first kappa shape index (κ1) is 19.2. The molecule has 0 saturated heterocycles. The van der Waals surface area contributed by atoms with Crippen LogP contribution in [-0.2, 0) is 10.0 Å². The summed E-state index contributed by atoms with van der Waals surface area (Å²) in [4.78, 5) is 11.9. The summed E-state index contributed by atoms with van der Waals surface area (Å²) in [7, 11) is -5.55. The third-order valence-corrected chi connectivity index (χ3v) is 4.08. The third kappa shape index (κ3) is 4.96. The van der Waals surface area contributed by atoms with Crippen LogP contribution in [0.1, 0.15) is 10.4 Å². The molecule has 0 radical (unpaired) electrons. The lowest BCUT2D eigenvalue weighted by Gasteiger charge is -2.13. The van der Waals surface area contributed by atoms with Crippen LogP contribution in [-0.4, -0.2) is 25.8 Å². The van der Waals surface area contributed by atoms with Crippen molar-refractivity contribution in [2.24, 2.45) is 0 Å². The van der Waals surface area contributed by atoms with E-state index in [1.165, 1.54) is 29.0 Å². The van der Waals surface area contributed by atoms with E-state index >= 15 is 0 Å². The Kier molecular flexibility index (Phi) is 5.50. The molecule has 0 aliphatic heterocycles. The Hall–Kier alpha value is -3.08. The number of halogens is 3. The number of anilines is 2. The molecule has 0 fully saturated rings. The van der Waals surface area contributed by atoms with Crippen molar-refractivity contribution >= 4 is 33.3 Å². The fourth-order valence-corrected chi connectivity index (χ4v) is 2.38. The number of carbonyl (C=O) groups is 1. The van der Waals surface area contributed by atoms with Crippen molar-refractivity contribution in [3.05, 3.63) is 60.2 Å². The highest BCUT2D eigenvalue weighted by Gasteiger charge is 2.46. The van der Waals surface area contributed by atoms with E-state index < -0.39 is 27.4 Å². The van der Waals surface area contributed by atoms with Gasteiger partial charge in [-0.25, -0.2) is 0 Å². The number of alkyl halides is 3. The summed E-state index contributed by atoms with van der Waals surface area (Å²) in [5.74, 6) is -0.994. The number of benzene rings is 2. The van der Waals surface area contributed by atoms with Gasteiger partial charge in [0.15, 0.2) is 5.96 Å². The van der Waals surface area contributed by atoms with Crippen LogP contribution in [0.2, 0.25) is 0 Å².